The van der Waals surface area contributed by atoms with Gasteiger partial charge in [-0.2, -0.15) is 0 Å². The molecule has 0 bridgehead atoms. The maximum absolute atomic E-state index is 9.52. The molecule has 1 aromatic rings. The predicted molar refractivity (Wildman–Crippen MR) is 79.4 cm³/mol. The van der Waals surface area contributed by atoms with Gasteiger partial charge < -0.3 is 19.9 Å². The van der Waals surface area contributed by atoms with E-state index >= 15 is 0 Å². The molecule has 0 saturated heterocycles. The van der Waals surface area contributed by atoms with Crippen LogP contribution in [0.2, 0.25) is 0 Å². The molecule has 1 aliphatic rings. The minimum Gasteiger partial charge on any atom is -0.493 e. The van der Waals surface area contributed by atoms with Gasteiger partial charge in [-0.25, -0.2) is 0 Å². The highest BCUT2D eigenvalue weighted by Crippen LogP contribution is 2.30. The highest BCUT2D eigenvalue weighted by atomic mass is 16.5. The van der Waals surface area contributed by atoms with Crippen molar-refractivity contribution in [2.24, 2.45) is 0 Å². The molecule has 0 amide bonds. The fraction of sp³-hybridized carbons (Fsp3) is 0.625. The van der Waals surface area contributed by atoms with Crippen molar-refractivity contribution in [1.82, 2.24) is 5.32 Å². The molecular formula is C16H25NO3. The van der Waals surface area contributed by atoms with Crippen molar-refractivity contribution >= 4 is 0 Å². The highest BCUT2D eigenvalue weighted by molar-refractivity contribution is 5.47. The number of ether oxygens (including phenoxy) is 2. The van der Waals surface area contributed by atoms with Crippen molar-refractivity contribution in [2.45, 2.75) is 51.3 Å². The van der Waals surface area contributed by atoms with Crippen LogP contribution in [0.3, 0.4) is 0 Å². The summed E-state index contributed by atoms with van der Waals surface area (Å²) in [4.78, 5) is 0. The first-order chi connectivity index (χ1) is 9.63. The van der Waals surface area contributed by atoms with Crippen LogP contribution in [-0.4, -0.2) is 31.5 Å². The zero-order valence-corrected chi connectivity index (χ0v) is 12.6. The first-order valence-electron chi connectivity index (χ1n) is 7.27. The minimum absolute atomic E-state index is 0.101. The summed E-state index contributed by atoms with van der Waals surface area (Å²) in [6.07, 6.45) is 3.81. The van der Waals surface area contributed by atoms with Crippen LogP contribution < -0.4 is 14.8 Å². The molecule has 1 aliphatic carbocycles. The van der Waals surface area contributed by atoms with Crippen molar-refractivity contribution < 1.29 is 14.6 Å². The van der Waals surface area contributed by atoms with E-state index in [9.17, 15) is 5.11 Å². The van der Waals surface area contributed by atoms with E-state index in [-0.39, 0.29) is 6.10 Å². The lowest BCUT2D eigenvalue weighted by molar-refractivity contribution is 0.116. The van der Waals surface area contributed by atoms with Gasteiger partial charge in [0, 0.05) is 12.6 Å². The Morgan fingerprint density at radius 2 is 1.70 bits per heavy atom. The molecule has 0 aromatic heterocycles. The first-order valence-corrected chi connectivity index (χ1v) is 7.27. The Kier molecular flexibility index (Phi) is 5.26. The molecule has 112 valence electrons. The van der Waals surface area contributed by atoms with Crippen LogP contribution in [0.4, 0.5) is 0 Å². The van der Waals surface area contributed by atoms with Crippen LogP contribution in [0.25, 0.3) is 0 Å². The number of aliphatic hydroxyl groups is 1. The number of aliphatic hydroxyl groups excluding tert-OH is 1. The molecular weight excluding hydrogens is 254 g/mol. The molecule has 2 rings (SSSR count). The Labute approximate surface area is 121 Å². The van der Waals surface area contributed by atoms with E-state index in [2.05, 4.69) is 12.2 Å². The second kappa shape index (κ2) is 6.95. The second-order valence-corrected chi connectivity index (χ2v) is 5.52. The molecule has 4 heteroatoms. The van der Waals surface area contributed by atoms with Gasteiger partial charge in [0.15, 0.2) is 11.5 Å². The molecule has 1 saturated carbocycles. The third-order valence-electron chi connectivity index (χ3n) is 4.12. The summed E-state index contributed by atoms with van der Waals surface area (Å²) < 4.78 is 10.7. The second-order valence-electron chi connectivity index (χ2n) is 5.52. The minimum atomic E-state index is -0.101. The number of methoxy groups -OCH3 is 2. The number of nitrogens with one attached hydrogen (secondary N) is 1. The number of aryl methyl sites for hydroxylation is 1. The summed E-state index contributed by atoms with van der Waals surface area (Å²) in [5.41, 5.74) is 2.43. The Morgan fingerprint density at radius 1 is 1.10 bits per heavy atom. The maximum atomic E-state index is 9.52. The summed E-state index contributed by atoms with van der Waals surface area (Å²) in [5, 5.41) is 13.1. The van der Waals surface area contributed by atoms with E-state index in [1.54, 1.807) is 14.2 Å². The topological polar surface area (TPSA) is 50.7 Å². The van der Waals surface area contributed by atoms with Crippen molar-refractivity contribution in [2.75, 3.05) is 14.2 Å². The SMILES string of the molecule is COc1cc(C)c(CNC2CCC(O)CC2)cc1OC. The maximum Gasteiger partial charge on any atom is 0.161 e. The van der Waals surface area contributed by atoms with Crippen LogP contribution in [0, 0.1) is 6.92 Å². The lowest BCUT2D eigenvalue weighted by Gasteiger charge is -2.26. The smallest absolute Gasteiger partial charge is 0.161 e. The molecule has 0 heterocycles. The van der Waals surface area contributed by atoms with Gasteiger partial charge in [0.25, 0.3) is 0 Å². The fourth-order valence-electron chi connectivity index (χ4n) is 2.75. The lowest BCUT2D eigenvalue weighted by atomic mass is 9.93. The Balaban J connectivity index is 1.98. The zero-order chi connectivity index (χ0) is 14.5. The largest absolute Gasteiger partial charge is 0.493 e. The molecule has 0 unspecified atom stereocenters. The van der Waals surface area contributed by atoms with Crippen LogP contribution in [0.1, 0.15) is 36.8 Å². The van der Waals surface area contributed by atoms with E-state index in [1.807, 2.05) is 12.1 Å². The molecule has 2 N–H and O–H groups in total. The van der Waals surface area contributed by atoms with E-state index < -0.39 is 0 Å². The molecule has 20 heavy (non-hydrogen) atoms. The quantitative estimate of drug-likeness (QED) is 0.869. The highest BCUT2D eigenvalue weighted by Gasteiger charge is 2.19. The normalized spacial score (nSPS) is 22.6. The molecule has 0 aliphatic heterocycles. The summed E-state index contributed by atoms with van der Waals surface area (Å²) in [6, 6.07) is 4.56. The molecule has 1 fully saturated rings. The van der Waals surface area contributed by atoms with Gasteiger partial charge in [-0.15, -0.1) is 0 Å². The number of hydrogen-bond acceptors (Lipinski definition) is 4. The van der Waals surface area contributed by atoms with Crippen molar-refractivity contribution in [3.63, 3.8) is 0 Å². The molecule has 0 atom stereocenters. The average Bonchev–Trinajstić information content (AvgIpc) is 2.47. The van der Waals surface area contributed by atoms with Gasteiger partial charge in [-0.1, -0.05) is 0 Å². The first kappa shape index (κ1) is 15.1. The summed E-state index contributed by atoms with van der Waals surface area (Å²) >= 11 is 0. The van der Waals surface area contributed by atoms with Crippen LogP contribution in [0.15, 0.2) is 12.1 Å². The fourth-order valence-corrected chi connectivity index (χ4v) is 2.75. The molecule has 1 aromatic carbocycles. The van der Waals surface area contributed by atoms with Crippen molar-refractivity contribution in [3.05, 3.63) is 23.3 Å². The van der Waals surface area contributed by atoms with Crippen molar-refractivity contribution in [3.8, 4) is 11.5 Å². The number of hydrogen-bond donors (Lipinski definition) is 2. The molecule has 4 nitrogen and oxygen atoms in total. The Morgan fingerprint density at radius 3 is 2.30 bits per heavy atom. The van der Waals surface area contributed by atoms with Crippen LogP contribution in [0.5, 0.6) is 11.5 Å². The van der Waals surface area contributed by atoms with Crippen LogP contribution in [-0.2, 0) is 6.54 Å². The zero-order valence-electron chi connectivity index (χ0n) is 12.6. The number of benzene rings is 1. The monoisotopic (exact) mass is 279 g/mol. The summed E-state index contributed by atoms with van der Waals surface area (Å²) in [6.45, 7) is 2.91. The van der Waals surface area contributed by atoms with Crippen molar-refractivity contribution in [1.29, 1.82) is 0 Å². The van der Waals surface area contributed by atoms with Gasteiger partial charge in [-0.05, 0) is 55.9 Å². The third kappa shape index (κ3) is 3.64. The number of rotatable bonds is 5. The van der Waals surface area contributed by atoms with Gasteiger partial charge in [0.05, 0.1) is 20.3 Å². The van der Waals surface area contributed by atoms with E-state index in [0.717, 1.165) is 43.7 Å². The van der Waals surface area contributed by atoms with E-state index in [1.165, 1.54) is 11.1 Å². The third-order valence-corrected chi connectivity index (χ3v) is 4.12. The lowest BCUT2D eigenvalue weighted by Crippen LogP contribution is -2.34. The molecule has 0 spiro atoms. The van der Waals surface area contributed by atoms with Gasteiger partial charge in [0.1, 0.15) is 0 Å². The Hall–Kier alpha value is -1.26. The van der Waals surface area contributed by atoms with E-state index in [4.69, 9.17) is 9.47 Å². The Bertz CT molecular complexity index is 440. The van der Waals surface area contributed by atoms with Gasteiger partial charge in [-0.3, -0.25) is 0 Å². The van der Waals surface area contributed by atoms with E-state index in [0.29, 0.717) is 6.04 Å². The average molecular weight is 279 g/mol. The van der Waals surface area contributed by atoms with Gasteiger partial charge >= 0.3 is 0 Å². The standard InChI is InChI=1S/C16H25NO3/c1-11-8-15(19-2)16(20-3)9-12(11)10-17-13-4-6-14(18)7-5-13/h8-9,13-14,17-18H,4-7,10H2,1-3H3. The predicted octanol–water partition coefficient (Wildman–Crippen LogP) is 2.41. The van der Waals surface area contributed by atoms with Gasteiger partial charge in [0.2, 0.25) is 0 Å². The summed E-state index contributed by atoms with van der Waals surface area (Å²) in [5.74, 6) is 1.54. The molecule has 0 radical (unpaired) electrons. The van der Waals surface area contributed by atoms with Crippen LogP contribution >= 0.6 is 0 Å². The summed E-state index contributed by atoms with van der Waals surface area (Å²) in [7, 11) is 3.31.